The predicted octanol–water partition coefficient (Wildman–Crippen LogP) is 6.80. The van der Waals surface area contributed by atoms with E-state index in [1.165, 1.54) is 30.5 Å². The van der Waals surface area contributed by atoms with Gasteiger partial charge in [0.2, 0.25) is 5.91 Å². The fourth-order valence-corrected chi connectivity index (χ4v) is 4.98. The Hall–Kier alpha value is -4.21. The van der Waals surface area contributed by atoms with Gasteiger partial charge in [-0.25, -0.2) is 4.39 Å². The van der Waals surface area contributed by atoms with Crippen LogP contribution in [-0.2, 0) is 15.8 Å². The molecule has 13 heteroatoms. The molecule has 3 aromatic rings. The van der Waals surface area contributed by atoms with Gasteiger partial charge in [-0.1, -0.05) is 23.4 Å². The maximum Gasteiger partial charge on any atom is 0.416 e. The van der Waals surface area contributed by atoms with Crippen molar-refractivity contribution in [3.8, 4) is 6.07 Å². The molecule has 1 aliphatic heterocycles. The molecule has 0 saturated carbocycles. The number of anilines is 2. The highest BCUT2D eigenvalue weighted by atomic mass is 35.5. The highest BCUT2D eigenvalue weighted by Gasteiger charge is 2.37. The van der Waals surface area contributed by atoms with E-state index in [0.29, 0.717) is 5.69 Å². The average molecular weight is 591 g/mol. The van der Waals surface area contributed by atoms with Crippen LogP contribution in [0.2, 0.25) is 5.02 Å². The topological polar surface area (TPSA) is 107 Å². The van der Waals surface area contributed by atoms with E-state index in [0.717, 1.165) is 30.0 Å². The Labute approximate surface area is 234 Å². The van der Waals surface area contributed by atoms with Crippen LogP contribution < -0.4 is 16.0 Å². The third-order valence-electron chi connectivity index (χ3n) is 5.74. The largest absolute Gasteiger partial charge is 0.468 e. The maximum absolute atomic E-state index is 13.4. The Kier molecular flexibility index (Phi) is 8.56. The number of nitriles is 1. The Morgan fingerprint density at radius 2 is 1.88 bits per heavy atom. The van der Waals surface area contributed by atoms with E-state index in [4.69, 9.17) is 16.0 Å². The second-order valence-corrected chi connectivity index (χ2v) is 9.85. The van der Waals surface area contributed by atoms with Crippen molar-refractivity contribution in [2.75, 3.05) is 16.4 Å². The SMILES string of the molecule is CC1=C(C(=O)Nc2cc(C(F)(F)F)ccc2Cl)C(c2ccco2)C(C#N)=C(SCC(=O)Nc2ccc(F)cc2)N1. The number of furan rings is 1. The number of nitrogens with one attached hydrogen (secondary N) is 3. The van der Waals surface area contributed by atoms with Gasteiger partial charge in [0.05, 0.1) is 56.5 Å². The molecule has 2 heterocycles. The quantitative estimate of drug-likeness (QED) is 0.261. The number of rotatable bonds is 7. The van der Waals surface area contributed by atoms with Gasteiger partial charge in [0, 0.05) is 11.4 Å². The van der Waals surface area contributed by atoms with Crippen LogP contribution in [0.4, 0.5) is 28.9 Å². The first-order chi connectivity index (χ1) is 19.0. The van der Waals surface area contributed by atoms with Crippen LogP contribution in [0.25, 0.3) is 0 Å². The molecule has 3 N–H and O–H groups in total. The van der Waals surface area contributed by atoms with Crippen LogP contribution in [0.5, 0.6) is 0 Å². The van der Waals surface area contributed by atoms with Gasteiger partial charge >= 0.3 is 6.18 Å². The van der Waals surface area contributed by atoms with E-state index in [-0.39, 0.29) is 44.1 Å². The van der Waals surface area contributed by atoms with Crippen LogP contribution in [0, 0.1) is 17.1 Å². The van der Waals surface area contributed by atoms with Crippen molar-refractivity contribution in [1.29, 1.82) is 5.26 Å². The number of carbonyl (C=O) groups is 2. The van der Waals surface area contributed by atoms with Crippen molar-refractivity contribution in [3.63, 3.8) is 0 Å². The molecule has 7 nitrogen and oxygen atoms in total. The molecular weight excluding hydrogens is 572 g/mol. The van der Waals surface area contributed by atoms with Gasteiger partial charge in [-0.15, -0.1) is 0 Å². The number of allylic oxidation sites excluding steroid dienone is 2. The number of halogens is 5. The molecule has 0 bridgehead atoms. The minimum atomic E-state index is -4.66. The molecule has 1 aromatic heterocycles. The molecule has 0 spiro atoms. The van der Waals surface area contributed by atoms with Crippen LogP contribution in [-0.4, -0.2) is 17.6 Å². The molecule has 1 unspecified atom stereocenters. The summed E-state index contributed by atoms with van der Waals surface area (Å²) in [6.45, 7) is 1.55. The summed E-state index contributed by atoms with van der Waals surface area (Å²) in [6.07, 6.45) is -3.31. The Morgan fingerprint density at radius 3 is 2.50 bits per heavy atom. The fourth-order valence-electron chi connectivity index (χ4n) is 3.92. The average Bonchev–Trinajstić information content (AvgIpc) is 3.43. The second-order valence-electron chi connectivity index (χ2n) is 8.46. The van der Waals surface area contributed by atoms with E-state index >= 15 is 0 Å². The van der Waals surface area contributed by atoms with Gasteiger partial charge in [-0.3, -0.25) is 9.59 Å². The molecule has 0 radical (unpaired) electrons. The maximum atomic E-state index is 13.4. The third-order valence-corrected chi connectivity index (χ3v) is 7.08. The van der Waals surface area contributed by atoms with Crippen molar-refractivity contribution >= 4 is 46.6 Å². The lowest BCUT2D eigenvalue weighted by Gasteiger charge is -2.28. The summed E-state index contributed by atoms with van der Waals surface area (Å²) >= 11 is 7.06. The van der Waals surface area contributed by atoms with E-state index in [1.807, 2.05) is 0 Å². The Bertz CT molecular complexity index is 1550. The zero-order valence-electron chi connectivity index (χ0n) is 20.5. The summed E-state index contributed by atoms with van der Waals surface area (Å²) < 4.78 is 58.3. The van der Waals surface area contributed by atoms with Crippen LogP contribution in [0.3, 0.4) is 0 Å². The number of thioether (sulfide) groups is 1. The molecule has 0 fully saturated rings. The molecular formula is C27H19ClF4N4O3S. The van der Waals surface area contributed by atoms with Crippen molar-refractivity contribution in [1.82, 2.24) is 5.32 Å². The summed E-state index contributed by atoms with van der Waals surface area (Å²) in [4.78, 5) is 25.9. The molecule has 206 valence electrons. The third kappa shape index (κ3) is 6.50. The second kappa shape index (κ2) is 11.9. The smallest absolute Gasteiger partial charge is 0.416 e. The predicted molar refractivity (Wildman–Crippen MR) is 142 cm³/mol. The number of nitrogens with zero attached hydrogens (tertiary/aromatic N) is 1. The fraction of sp³-hybridized carbons (Fsp3) is 0.148. The van der Waals surface area contributed by atoms with Crippen molar-refractivity contribution < 1.29 is 31.6 Å². The minimum Gasteiger partial charge on any atom is -0.468 e. The first-order valence-electron chi connectivity index (χ1n) is 11.5. The van der Waals surface area contributed by atoms with Gasteiger partial charge in [-0.2, -0.15) is 18.4 Å². The van der Waals surface area contributed by atoms with Crippen LogP contribution in [0.15, 0.2) is 87.1 Å². The van der Waals surface area contributed by atoms with Gasteiger partial charge in [0.1, 0.15) is 11.6 Å². The van der Waals surface area contributed by atoms with E-state index < -0.39 is 35.3 Å². The highest BCUT2D eigenvalue weighted by Crippen LogP contribution is 2.42. The van der Waals surface area contributed by atoms with Gasteiger partial charge in [0.15, 0.2) is 0 Å². The van der Waals surface area contributed by atoms with Gasteiger partial charge in [-0.05, 0) is 61.5 Å². The molecule has 4 rings (SSSR count). The lowest BCUT2D eigenvalue weighted by molar-refractivity contribution is -0.137. The normalized spacial score (nSPS) is 15.4. The van der Waals surface area contributed by atoms with Gasteiger partial charge < -0.3 is 20.4 Å². The van der Waals surface area contributed by atoms with Crippen molar-refractivity contribution in [2.45, 2.75) is 19.0 Å². The van der Waals surface area contributed by atoms with E-state index in [9.17, 15) is 32.4 Å². The van der Waals surface area contributed by atoms with E-state index in [1.54, 1.807) is 19.1 Å². The lowest BCUT2D eigenvalue weighted by Crippen LogP contribution is -2.31. The molecule has 0 aliphatic carbocycles. The van der Waals surface area contributed by atoms with Gasteiger partial charge in [0.25, 0.3) is 5.91 Å². The number of amides is 2. The van der Waals surface area contributed by atoms with Crippen molar-refractivity contribution in [3.05, 3.63) is 105 Å². The number of hydrogen-bond acceptors (Lipinski definition) is 6. The number of dihydropyridines is 1. The number of carbonyl (C=O) groups excluding carboxylic acids is 2. The standard InChI is InChI=1S/C27H19ClF4N4O3S/c1-14-23(25(38)36-20-11-15(27(30,31)32)4-9-19(20)28)24(21-3-2-10-39-21)18(12-33)26(34-14)40-13-22(37)35-17-7-5-16(29)6-8-17/h2-11,24,34H,13H2,1H3,(H,35,37)(H,36,38). The monoisotopic (exact) mass is 590 g/mol. The lowest BCUT2D eigenvalue weighted by atomic mass is 9.85. The summed E-state index contributed by atoms with van der Waals surface area (Å²) in [5.41, 5.74) is -0.532. The molecule has 1 atom stereocenters. The zero-order valence-corrected chi connectivity index (χ0v) is 22.1. The molecule has 40 heavy (non-hydrogen) atoms. The molecule has 2 aromatic carbocycles. The van der Waals surface area contributed by atoms with Crippen molar-refractivity contribution in [2.24, 2.45) is 0 Å². The molecule has 0 saturated heterocycles. The molecule has 1 aliphatic rings. The summed E-state index contributed by atoms with van der Waals surface area (Å²) in [6, 6.07) is 12.9. The molecule has 2 amide bonds. The summed E-state index contributed by atoms with van der Waals surface area (Å²) in [5, 5.41) is 18.2. The Morgan fingerprint density at radius 1 is 1.15 bits per heavy atom. The zero-order chi connectivity index (χ0) is 29.0. The highest BCUT2D eigenvalue weighted by molar-refractivity contribution is 8.03. The minimum absolute atomic E-state index is 0.0140. The first kappa shape index (κ1) is 28.8. The van der Waals surface area contributed by atoms with E-state index in [2.05, 4.69) is 22.0 Å². The van der Waals surface area contributed by atoms with Crippen LogP contribution >= 0.6 is 23.4 Å². The number of alkyl halides is 3. The summed E-state index contributed by atoms with van der Waals surface area (Å²) in [7, 11) is 0. The first-order valence-corrected chi connectivity index (χ1v) is 12.9. The van der Waals surface area contributed by atoms with Crippen LogP contribution in [0.1, 0.15) is 24.2 Å². The number of benzene rings is 2. The number of hydrogen-bond donors (Lipinski definition) is 3. The Balaban J connectivity index is 1.60. The summed E-state index contributed by atoms with van der Waals surface area (Å²) in [5.74, 6) is -2.63.